The molecule has 0 radical (unpaired) electrons. The lowest BCUT2D eigenvalue weighted by Crippen LogP contribution is -2.27. The minimum absolute atomic E-state index is 0.710. The normalized spacial score (nSPS) is 16.6. The van der Waals surface area contributed by atoms with E-state index < -0.39 is 0 Å². The minimum atomic E-state index is 0.710. The zero-order valence-electron chi connectivity index (χ0n) is 9.04. The Balaban J connectivity index is 2.24. The van der Waals surface area contributed by atoms with E-state index >= 15 is 0 Å². The number of anilines is 1. The number of halogens is 1. The number of rotatable bonds is 1. The molecule has 4 heteroatoms. The molecule has 0 aromatic heterocycles. The summed E-state index contributed by atoms with van der Waals surface area (Å²) in [5, 5.41) is 12.3. The fourth-order valence-electron chi connectivity index (χ4n) is 1.93. The molecule has 2 rings (SSSR count). The quantitative estimate of drug-likeness (QED) is 0.856. The molecule has 0 amide bonds. The smallest absolute Gasteiger partial charge is 0.0992 e. The van der Waals surface area contributed by atoms with Crippen molar-refractivity contribution in [2.24, 2.45) is 0 Å². The van der Waals surface area contributed by atoms with E-state index in [2.05, 4.69) is 38.3 Å². The van der Waals surface area contributed by atoms with Gasteiger partial charge in [0.25, 0.3) is 0 Å². The predicted molar refractivity (Wildman–Crippen MR) is 68.6 cm³/mol. The van der Waals surface area contributed by atoms with Crippen molar-refractivity contribution in [3.05, 3.63) is 28.2 Å². The Hall–Kier alpha value is -1.05. The maximum atomic E-state index is 8.94. The van der Waals surface area contributed by atoms with E-state index in [0.29, 0.717) is 5.56 Å². The monoisotopic (exact) mass is 279 g/mol. The average Bonchev–Trinajstić information content (AvgIpc) is 2.56. The second-order valence-corrected chi connectivity index (χ2v) is 4.82. The van der Waals surface area contributed by atoms with Crippen LogP contribution in [0.3, 0.4) is 0 Å². The molecule has 0 saturated carbocycles. The number of benzene rings is 1. The molecule has 1 aliphatic heterocycles. The molecule has 1 saturated heterocycles. The summed E-state index contributed by atoms with van der Waals surface area (Å²) in [7, 11) is 0. The molecule has 1 fully saturated rings. The minimum Gasteiger partial charge on any atom is -0.370 e. The summed E-state index contributed by atoms with van der Waals surface area (Å²) in [6, 6.07) is 8.07. The molecule has 3 nitrogen and oxygen atoms in total. The van der Waals surface area contributed by atoms with Crippen LogP contribution in [0.2, 0.25) is 0 Å². The van der Waals surface area contributed by atoms with E-state index in [-0.39, 0.29) is 0 Å². The van der Waals surface area contributed by atoms with Crippen LogP contribution < -0.4 is 10.2 Å². The second-order valence-electron chi connectivity index (χ2n) is 3.90. The van der Waals surface area contributed by atoms with Crippen LogP contribution in [0.25, 0.3) is 0 Å². The Bertz CT molecular complexity index is 403. The zero-order valence-corrected chi connectivity index (χ0v) is 10.6. The first kappa shape index (κ1) is 11.4. The average molecular weight is 280 g/mol. The van der Waals surface area contributed by atoms with Crippen LogP contribution in [-0.4, -0.2) is 26.2 Å². The topological polar surface area (TPSA) is 39.1 Å². The predicted octanol–water partition coefficient (Wildman–Crippen LogP) is 2.12. The molecule has 1 aromatic carbocycles. The second kappa shape index (κ2) is 5.33. The molecule has 84 valence electrons. The van der Waals surface area contributed by atoms with E-state index in [1.807, 2.05) is 12.1 Å². The van der Waals surface area contributed by atoms with Crippen LogP contribution in [0.4, 0.5) is 5.69 Å². The van der Waals surface area contributed by atoms with Crippen LogP contribution in [-0.2, 0) is 0 Å². The third-order valence-electron chi connectivity index (χ3n) is 2.72. The zero-order chi connectivity index (χ0) is 11.4. The van der Waals surface area contributed by atoms with Crippen molar-refractivity contribution in [2.75, 3.05) is 31.1 Å². The first-order valence-corrected chi connectivity index (χ1v) is 6.25. The molecule has 1 aromatic rings. The number of nitrogens with one attached hydrogen (secondary N) is 1. The summed E-state index contributed by atoms with van der Waals surface area (Å²) >= 11 is 3.45. The molecule has 0 bridgehead atoms. The van der Waals surface area contributed by atoms with Gasteiger partial charge in [-0.25, -0.2) is 0 Å². The number of hydrogen-bond donors (Lipinski definition) is 1. The molecule has 1 N–H and O–H groups in total. The highest BCUT2D eigenvalue weighted by Gasteiger charge is 2.10. The first-order valence-electron chi connectivity index (χ1n) is 5.46. The van der Waals surface area contributed by atoms with Crippen LogP contribution >= 0.6 is 15.9 Å². The Morgan fingerprint density at radius 1 is 1.25 bits per heavy atom. The van der Waals surface area contributed by atoms with Crippen molar-refractivity contribution in [3.8, 4) is 6.07 Å². The summed E-state index contributed by atoms with van der Waals surface area (Å²) in [5.41, 5.74) is 1.84. The summed E-state index contributed by atoms with van der Waals surface area (Å²) in [6.45, 7) is 4.14. The van der Waals surface area contributed by atoms with Gasteiger partial charge in [-0.2, -0.15) is 5.26 Å². The highest BCUT2D eigenvalue weighted by atomic mass is 79.9. The van der Waals surface area contributed by atoms with E-state index in [1.165, 1.54) is 0 Å². The third-order valence-corrected chi connectivity index (χ3v) is 3.17. The fraction of sp³-hybridized carbons (Fsp3) is 0.417. The molecular formula is C12H14BrN3. The van der Waals surface area contributed by atoms with E-state index in [4.69, 9.17) is 5.26 Å². The molecule has 0 unspecified atom stereocenters. The van der Waals surface area contributed by atoms with Gasteiger partial charge in [-0.05, 0) is 31.2 Å². The van der Waals surface area contributed by atoms with Gasteiger partial charge >= 0.3 is 0 Å². The van der Waals surface area contributed by atoms with E-state index in [1.54, 1.807) is 0 Å². The van der Waals surface area contributed by atoms with Gasteiger partial charge in [0.2, 0.25) is 0 Å². The standard InChI is InChI=1S/C12H14BrN3/c13-11-6-10(9-14)7-12(8-11)16-4-1-2-15-3-5-16/h6-8,15H,1-5H2. The molecular weight excluding hydrogens is 266 g/mol. The van der Waals surface area contributed by atoms with Crippen molar-refractivity contribution in [2.45, 2.75) is 6.42 Å². The van der Waals surface area contributed by atoms with Gasteiger partial charge in [-0.1, -0.05) is 15.9 Å². The highest BCUT2D eigenvalue weighted by molar-refractivity contribution is 9.10. The Kier molecular flexibility index (Phi) is 3.81. The van der Waals surface area contributed by atoms with Gasteiger partial charge < -0.3 is 10.2 Å². The van der Waals surface area contributed by atoms with Crippen molar-refractivity contribution in [3.63, 3.8) is 0 Å². The summed E-state index contributed by atoms with van der Waals surface area (Å²) in [5.74, 6) is 0. The third kappa shape index (κ3) is 2.75. The number of hydrogen-bond acceptors (Lipinski definition) is 3. The maximum absolute atomic E-state index is 8.94. The van der Waals surface area contributed by atoms with Crippen LogP contribution in [0.1, 0.15) is 12.0 Å². The number of nitrogens with zero attached hydrogens (tertiary/aromatic N) is 2. The Morgan fingerprint density at radius 3 is 2.94 bits per heavy atom. The Labute approximate surface area is 104 Å². The van der Waals surface area contributed by atoms with Crippen molar-refractivity contribution >= 4 is 21.6 Å². The lowest BCUT2D eigenvalue weighted by Gasteiger charge is -2.22. The maximum Gasteiger partial charge on any atom is 0.0992 e. The van der Waals surface area contributed by atoms with Gasteiger partial charge in [-0.15, -0.1) is 0 Å². The molecule has 16 heavy (non-hydrogen) atoms. The van der Waals surface area contributed by atoms with Gasteiger partial charge in [0, 0.05) is 29.8 Å². The Morgan fingerprint density at radius 2 is 2.12 bits per heavy atom. The molecule has 0 aliphatic carbocycles. The lowest BCUT2D eigenvalue weighted by molar-refractivity contribution is 0.724. The van der Waals surface area contributed by atoms with E-state index in [9.17, 15) is 0 Å². The van der Waals surface area contributed by atoms with Gasteiger partial charge in [-0.3, -0.25) is 0 Å². The molecule has 1 aliphatic rings. The number of nitriles is 1. The lowest BCUT2D eigenvalue weighted by atomic mass is 10.2. The summed E-state index contributed by atoms with van der Waals surface area (Å²) < 4.78 is 0.971. The molecule has 0 spiro atoms. The summed E-state index contributed by atoms with van der Waals surface area (Å²) in [4.78, 5) is 2.33. The summed E-state index contributed by atoms with van der Waals surface area (Å²) in [6.07, 6.45) is 1.15. The van der Waals surface area contributed by atoms with Crippen molar-refractivity contribution < 1.29 is 0 Å². The van der Waals surface area contributed by atoms with E-state index in [0.717, 1.165) is 42.8 Å². The SMILES string of the molecule is N#Cc1cc(Br)cc(N2CCCNCC2)c1. The van der Waals surface area contributed by atoms with Crippen LogP contribution in [0, 0.1) is 11.3 Å². The molecule has 0 atom stereocenters. The highest BCUT2D eigenvalue weighted by Crippen LogP contribution is 2.23. The van der Waals surface area contributed by atoms with Crippen LogP contribution in [0.5, 0.6) is 0 Å². The largest absolute Gasteiger partial charge is 0.370 e. The van der Waals surface area contributed by atoms with Gasteiger partial charge in [0.1, 0.15) is 0 Å². The van der Waals surface area contributed by atoms with Crippen molar-refractivity contribution in [1.29, 1.82) is 5.26 Å². The van der Waals surface area contributed by atoms with Gasteiger partial charge in [0.15, 0.2) is 0 Å². The van der Waals surface area contributed by atoms with Crippen LogP contribution in [0.15, 0.2) is 22.7 Å². The fourth-order valence-corrected chi connectivity index (χ4v) is 2.41. The van der Waals surface area contributed by atoms with Crippen molar-refractivity contribution in [1.82, 2.24) is 5.32 Å². The van der Waals surface area contributed by atoms with Gasteiger partial charge in [0.05, 0.1) is 11.6 Å². The molecule has 1 heterocycles. The first-order chi connectivity index (χ1) is 7.79.